The van der Waals surface area contributed by atoms with E-state index in [0.717, 1.165) is 30.9 Å². The predicted molar refractivity (Wildman–Crippen MR) is 84.2 cm³/mol. The molecule has 0 atom stereocenters. The van der Waals surface area contributed by atoms with Crippen LogP contribution < -0.4 is 14.9 Å². The summed E-state index contributed by atoms with van der Waals surface area (Å²) in [6.45, 7) is 4.78. The maximum Gasteiger partial charge on any atom is 0.224 e. The van der Waals surface area contributed by atoms with Gasteiger partial charge in [-0.2, -0.15) is 4.98 Å². The lowest BCUT2D eigenvalue weighted by atomic mass is 10.1. The molecule has 0 amide bonds. The van der Waals surface area contributed by atoms with Gasteiger partial charge in [0.25, 0.3) is 0 Å². The number of piperidine rings is 1. The van der Waals surface area contributed by atoms with Gasteiger partial charge in [0.1, 0.15) is 5.82 Å². The summed E-state index contributed by atoms with van der Waals surface area (Å²) in [4.78, 5) is 11.1. The fourth-order valence-electron chi connectivity index (χ4n) is 2.33. The highest BCUT2D eigenvalue weighted by molar-refractivity contribution is 7.88. The lowest BCUT2D eigenvalue weighted by Gasteiger charge is -2.28. The lowest BCUT2D eigenvalue weighted by Crippen LogP contribution is -2.31. The van der Waals surface area contributed by atoms with Gasteiger partial charge in [0.05, 0.1) is 6.26 Å². The first-order valence-corrected chi connectivity index (χ1v) is 9.12. The van der Waals surface area contributed by atoms with Crippen LogP contribution in [0.1, 0.15) is 25.0 Å². The Balaban J connectivity index is 1.95. The van der Waals surface area contributed by atoms with Crippen molar-refractivity contribution in [3.63, 3.8) is 0 Å². The summed E-state index contributed by atoms with van der Waals surface area (Å²) in [5.41, 5.74) is 0.907. The van der Waals surface area contributed by atoms with Gasteiger partial charge in [-0.25, -0.2) is 18.1 Å². The fraction of sp³-hybridized carbons (Fsp3) is 0.692. The standard InChI is InChI=1S/C13H23N5O2S/c1-11-10-12(18-8-4-3-5-9-18)17-13(16-11)14-6-7-15-21(2,19)20/h10,15H,3-9H2,1-2H3,(H,14,16,17). The first-order valence-electron chi connectivity index (χ1n) is 7.23. The van der Waals surface area contributed by atoms with Gasteiger partial charge >= 0.3 is 0 Å². The molecular weight excluding hydrogens is 290 g/mol. The van der Waals surface area contributed by atoms with Crippen molar-refractivity contribution >= 4 is 21.8 Å². The third-order valence-corrected chi connectivity index (χ3v) is 4.02. The van der Waals surface area contributed by atoms with Crippen molar-refractivity contribution in [3.8, 4) is 0 Å². The van der Waals surface area contributed by atoms with Gasteiger partial charge in [0.2, 0.25) is 16.0 Å². The summed E-state index contributed by atoms with van der Waals surface area (Å²) in [6, 6.07) is 1.99. The van der Waals surface area contributed by atoms with E-state index < -0.39 is 10.0 Å². The van der Waals surface area contributed by atoms with E-state index in [1.807, 2.05) is 13.0 Å². The van der Waals surface area contributed by atoms with Crippen LogP contribution >= 0.6 is 0 Å². The quantitative estimate of drug-likeness (QED) is 0.753. The summed E-state index contributed by atoms with van der Waals surface area (Å²) in [5.74, 6) is 1.49. The highest BCUT2D eigenvalue weighted by Gasteiger charge is 2.13. The normalized spacial score (nSPS) is 16.0. The summed E-state index contributed by atoms with van der Waals surface area (Å²) in [6.07, 6.45) is 4.82. The molecule has 1 aliphatic heterocycles. The molecule has 7 nitrogen and oxygen atoms in total. The van der Waals surface area contributed by atoms with Crippen molar-refractivity contribution in [2.75, 3.05) is 42.7 Å². The number of nitrogens with zero attached hydrogens (tertiary/aromatic N) is 3. The Hall–Kier alpha value is -1.41. The second-order valence-corrected chi connectivity index (χ2v) is 7.17. The Labute approximate surface area is 126 Å². The maximum atomic E-state index is 11.0. The van der Waals surface area contributed by atoms with Crippen LogP contribution in [0.4, 0.5) is 11.8 Å². The average molecular weight is 313 g/mol. The van der Waals surface area contributed by atoms with Crippen molar-refractivity contribution in [1.82, 2.24) is 14.7 Å². The van der Waals surface area contributed by atoms with Gasteiger partial charge in [-0.15, -0.1) is 0 Å². The molecule has 0 radical (unpaired) electrons. The minimum atomic E-state index is -3.15. The number of sulfonamides is 1. The molecule has 1 aromatic heterocycles. The van der Waals surface area contributed by atoms with E-state index in [4.69, 9.17) is 0 Å². The van der Waals surface area contributed by atoms with Gasteiger partial charge in [0, 0.05) is 37.9 Å². The zero-order valence-corrected chi connectivity index (χ0v) is 13.4. The number of aromatic nitrogens is 2. The number of aryl methyl sites for hydroxylation is 1. The number of rotatable bonds is 6. The molecule has 21 heavy (non-hydrogen) atoms. The van der Waals surface area contributed by atoms with E-state index in [1.165, 1.54) is 19.3 Å². The Morgan fingerprint density at radius 3 is 2.57 bits per heavy atom. The fourth-order valence-corrected chi connectivity index (χ4v) is 2.80. The zero-order chi connectivity index (χ0) is 15.3. The predicted octanol–water partition coefficient (Wildman–Crippen LogP) is 0.736. The first kappa shape index (κ1) is 16.0. The summed E-state index contributed by atoms with van der Waals surface area (Å²) in [7, 11) is -3.15. The Morgan fingerprint density at radius 2 is 1.90 bits per heavy atom. The van der Waals surface area contributed by atoms with Crippen LogP contribution in [0.2, 0.25) is 0 Å². The van der Waals surface area contributed by atoms with Gasteiger partial charge in [-0.3, -0.25) is 0 Å². The van der Waals surface area contributed by atoms with Crippen LogP contribution in [-0.4, -0.2) is 50.8 Å². The van der Waals surface area contributed by atoms with Crippen LogP contribution in [0.3, 0.4) is 0 Å². The SMILES string of the molecule is Cc1cc(N2CCCCC2)nc(NCCNS(C)(=O)=O)n1. The molecule has 118 valence electrons. The molecule has 2 rings (SSSR count). The topological polar surface area (TPSA) is 87.2 Å². The highest BCUT2D eigenvalue weighted by atomic mass is 32.2. The van der Waals surface area contributed by atoms with Crippen molar-refractivity contribution in [2.45, 2.75) is 26.2 Å². The van der Waals surface area contributed by atoms with Crippen LogP contribution in [-0.2, 0) is 10.0 Å². The molecule has 0 bridgehead atoms. The molecule has 0 aromatic carbocycles. The Morgan fingerprint density at radius 1 is 1.19 bits per heavy atom. The van der Waals surface area contributed by atoms with E-state index >= 15 is 0 Å². The third-order valence-electron chi connectivity index (χ3n) is 3.29. The van der Waals surface area contributed by atoms with Gasteiger partial charge in [0.15, 0.2) is 0 Å². The Kier molecular flexibility index (Phi) is 5.35. The van der Waals surface area contributed by atoms with Crippen LogP contribution in [0.25, 0.3) is 0 Å². The van der Waals surface area contributed by atoms with Crippen molar-refractivity contribution in [3.05, 3.63) is 11.8 Å². The van der Waals surface area contributed by atoms with E-state index in [-0.39, 0.29) is 0 Å². The summed E-state index contributed by atoms with van der Waals surface area (Å²) < 4.78 is 24.4. The number of hydrogen-bond donors (Lipinski definition) is 2. The van der Waals surface area contributed by atoms with Gasteiger partial charge in [-0.1, -0.05) is 0 Å². The molecule has 1 saturated heterocycles. The lowest BCUT2D eigenvalue weighted by molar-refractivity contribution is 0.573. The van der Waals surface area contributed by atoms with Crippen LogP contribution in [0, 0.1) is 6.92 Å². The second kappa shape index (κ2) is 7.04. The van der Waals surface area contributed by atoms with E-state index in [9.17, 15) is 8.42 Å². The smallest absolute Gasteiger partial charge is 0.224 e. The summed E-state index contributed by atoms with van der Waals surface area (Å²) >= 11 is 0. The largest absolute Gasteiger partial charge is 0.356 e. The maximum absolute atomic E-state index is 11.0. The van der Waals surface area contributed by atoms with Crippen molar-refractivity contribution in [1.29, 1.82) is 0 Å². The molecule has 8 heteroatoms. The molecule has 1 fully saturated rings. The average Bonchev–Trinajstić information content (AvgIpc) is 2.43. The molecule has 2 N–H and O–H groups in total. The number of anilines is 2. The van der Waals surface area contributed by atoms with Gasteiger partial charge < -0.3 is 10.2 Å². The van der Waals surface area contributed by atoms with Crippen LogP contribution in [0.15, 0.2) is 6.07 Å². The van der Waals surface area contributed by atoms with E-state index in [1.54, 1.807) is 0 Å². The first-order chi connectivity index (χ1) is 9.94. The molecule has 1 aliphatic rings. The zero-order valence-electron chi connectivity index (χ0n) is 12.6. The van der Waals surface area contributed by atoms with Crippen LogP contribution in [0.5, 0.6) is 0 Å². The summed E-state index contributed by atoms with van der Waals surface area (Å²) in [5, 5.41) is 3.06. The molecule has 2 heterocycles. The van der Waals surface area contributed by atoms with Crippen molar-refractivity contribution < 1.29 is 8.42 Å². The monoisotopic (exact) mass is 313 g/mol. The minimum absolute atomic E-state index is 0.315. The third kappa shape index (κ3) is 5.47. The van der Waals surface area contributed by atoms with Gasteiger partial charge in [-0.05, 0) is 26.2 Å². The highest BCUT2D eigenvalue weighted by Crippen LogP contribution is 2.19. The molecule has 0 aliphatic carbocycles. The molecule has 0 saturated carbocycles. The van der Waals surface area contributed by atoms with E-state index in [2.05, 4.69) is 24.9 Å². The number of nitrogens with one attached hydrogen (secondary N) is 2. The molecule has 0 spiro atoms. The minimum Gasteiger partial charge on any atom is -0.356 e. The molecule has 1 aromatic rings. The molecule has 0 unspecified atom stereocenters. The van der Waals surface area contributed by atoms with E-state index in [0.29, 0.717) is 19.0 Å². The van der Waals surface area contributed by atoms with Crippen molar-refractivity contribution in [2.24, 2.45) is 0 Å². The molecular formula is C13H23N5O2S. The second-order valence-electron chi connectivity index (χ2n) is 5.33. The Bertz CT molecular complexity index is 570. The number of hydrogen-bond acceptors (Lipinski definition) is 6.